The maximum Gasteiger partial charge on any atom is 0.409 e. The Balaban J connectivity index is 1.78. The Hall–Kier alpha value is -2.77. The Kier molecular flexibility index (Phi) is 7.25. The molecule has 1 aromatic rings. The summed E-state index contributed by atoms with van der Waals surface area (Å²) in [6.45, 7) is 4.46. The Morgan fingerprint density at radius 2 is 1.73 bits per heavy atom. The van der Waals surface area contributed by atoms with Crippen LogP contribution in [-0.2, 0) is 14.3 Å². The number of rotatable bonds is 6. The van der Waals surface area contributed by atoms with Gasteiger partial charge < -0.3 is 24.6 Å². The van der Waals surface area contributed by atoms with Gasteiger partial charge in [-0.15, -0.1) is 0 Å². The molecule has 0 atom stereocenters. The molecule has 142 valence electrons. The molecule has 1 aliphatic rings. The van der Waals surface area contributed by atoms with Crippen molar-refractivity contribution in [2.24, 2.45) is 0 Å². The molecule has 1 fully saturated rings. The molecule has 8 nitrogen and oxygen atoms in total. The van der Waals surface area contributed by atoms with E-state index >= 15 is 0 Å². The van der Waals surface area contributed by atoms with Crippen LogP contribution in [0.25, 0.3) is 0 Å². The third kappa shape index (κ3) is 5.11. The first-order chi connectivity index (χ1) is 12.6. The highest BCUT2D eigenvalue weighted by Crippen LogP contribution is 2.16. The van der Waals surface area contributed by atoms with Crippen LogP contribution in [0.4, 0.5) is 10.5 Å². The fourth-order valence-corrected chi connectivity index (χ4v) is 2.74. The summed E-state index contributed by atoms with van der Waals surface area (Å²) < 4.78 is 9.72. The first-order valence-corrected chi connectivity index (χ1v) is 8.67. The third-order valence-electron chi connectivity index (χ3n) is 4.15. The fraction of sp³-hybridized carbons (Fsp3) is 0.500. The monoisotopic (exact) mass is 363 g/mol. The van der Waals surface area contributed by atoms with Crippen molar-refractivity contribution in [3.8, 4) is 0 Å². The van der Waals surface area contributed by atoms with Crippen molar-refractivity contribution >= 4 is 23.7 Å². The molecular weight excluding hydrogens is 338 g/mol. The van der Waals surface area contributed by atoms with Crippen molar-refractivity contribution in [1.82, 2.24) is 9.80 Å². The van der Waals surface area contributed by atoms with Gasteiger partial charge in [0, 0.05) is 44.8 Å². The number of para-hydroxylation sites is 1. The number of piperazine rings is 1. The van der Waals surface area contributed by atoms with Gasteiger partial charge in [0.15, 0.2) is 0 Å². The highest BCUT2D eigenvalue weighted by atomic mass is 16.6. The summed E-state index contributed by atoms with van der Waals surface area (Å²) in [4.78, 5) is 39.1. The number of anilines is 1. The van der Waals surface area contributed by atoms with Crippen LogP contribution in [0.15, 0.2) is 24.3 Å². The number of carbonyl (C=O) groups is 3. The summed E-state index contributed by atoms with van der Waals surface area (Å²) in [5, 5.41) is 3.11. The lowest BCUT2D eigenvalue weighted by molar-refractivity contribution is -0.132. The molecular formula is C18H25N3O5. The average Bonchev–Trinajstić information content (AvgIpc) is 2.68. The number of methoxy groups -OCH3 is 1. The Morgan fingerprint density at radius 1 is 1.08 bits per heavy atom. The van der Waals surface area contributed by atoms with Gasteiger partial charge in [0.05, 0.1) is 19.3 Å². The lowest BCUT2D eigenvalue weighted by atomic mass is 10.1. The molecule has 1 aromatic carbocycles. The molecule has 1 aliphatic heterocycles. The smallest absolute Gasteiger partial charge is 0.409 e. The highest BCUT2D eigenvalue weighted by molar-refractivity contribution is 5.95. The van der Waals surface area contributed by atoms with Gasteiger partial charge in [-0.3, -0.25) is 4.79 Å². The number of hydrogen-bond acceptors (Lipinski definition) is 6. The van der Waals surface area contributed by atoms with Gasteiger partial charge in [-0.25, -0.2) is 9.59 Å². The van der Waals surface area contributed by atoms with Gasteiger partial charge in [-0.1, -0.05) is 12.1 Å². The van der Waals surface area contributed by atoms with Gasteiger partial charge in [-0.2, -0.15) is 0 Å². The lowest BCUT2D eigenvalue weighted by Crippen LogP contribution is -2.50. The molecule has 2 amide bonds. The second-order valence-corrected chi connectivity index (χ2v) is 5.78. The second kappa shape index (κ2) is 9.65. The van der Waals surface area contributed by atoms with Gasteiger partial charge in [0.25, 0.3) is 0 Å². The molecule has 8 heteroatoms. The van der Waals surface area contributed by atoms with E-state index < -0.39 is 5.97 Å². The van der Waals surface area contributed by atoms with Crippen molar-refractivity contribution in [1.29, 1.82) is 0 Å². The van der Waals surface area contributed by atoms with E-state index in [1.165, 1.54) is 7.11 Å². The minimum absolute atomic E-state index is 0.0107. The van der Waals surface area contributed by atoms with Crippen LogP contribution in [0, 0.1) is 0 Å². The van der Waals surface area contributed by atoms with E-state index in [0.29, 0.717) is 57.0 Å². The molecule has 0 spiro atoms. The number of ether oxygens (including phenoxy) is 2. The summed E-state index contributed by atoms with van der Waals surface area (Å²) in [7, 11) is 1.33. The quantitative estimate of drug-likeness (QED) is 0.772. The molecule has 1 heterocycles. The van der Waals surface area contributed by atoms with Gasteiger partial charge >= 0.3 is 12.1 Å². The topological polar surface area (TPSA) is 88.2 Å². The third-order valence-corrected chi connectivity index (χ3v) is 4.15. The fourth-order valence-electron chi connectivity index (χ4n) is 2.74. The SMILES string of the molecule is CCOC(=O)N1CCN(C(=O)CCNc2ccccc2C(=O)OC)CC1. The predicted molar refractivity (Wildman–Crippen MR) is 96.1 cm³/mol. The maximum absolute atomic E-state index is 12.3. The zero-order valence-electron chi connectivity index (χ0n) is 15.2. The van der Waals surface area contributed by atoms with Crippen LogP contribution in [-0.4, -0.2) is 74.2 Å². The minimum atomic E-state index is -0.422. The Bertz CT molecular complexity index is 641. The molecule has 1 N–H and O–H groups in total. The number of benzene rings is 1. The summed E-state index contributed by atoms with van der Waals surface area (Å²) in [6.07, 6.45) is -0.0322. The first-order valence-electron chi connectivity index (χ1n) is 8.67. The lowest BCUT2D eigenvalue weighted by Gasteiger charge is -2.34. The number of hydrogen-bond donors (Lipinski definition) is 1. The Labute approximate surface area is 153 Å². The van der Waals surface area contributed by atoms with Gasteiger partial charge in [-0.05, 0) is 19.1 Å². The Morgan fingerprint density at radius 3 is 2.38 bits per heavy atom. The zero-order chi connectivity index (χ0) is 18.9. The average molecular weight is 363 g/mol. The number of nitrogens with zero attached hydrogens (tertiary/aromatic N) is 2. The van der Waals surface area contributed by atoms with Crippen molar-refractivity contribution in [2.75, 3.05) is 51.8 Å². The number of amides is 2. The van der Waals surface area contributed by atoms with Crippen LogP contribution in [0.1, 0.15) is 23.7 Å². The minimum Gasteiger partial charge on any atom is -0.465 e. The summed E-state index contributed by atoms with van der Waals surface area (Å²) in [5.74, 6) is -0.411. The summed E-state index contributed by atoms with van der Waals surface area (Å²) >= 11 is 0. The zero-order valence-corrected chi connectivity index (χ0v) is 15.2. The van der Waals surface area contributed by atoms with E-state index in [1.807, 2.05) is 6.07 Å². The molecule has 2 rings (SSSR count). The van der Waals surface area contributed by atoms with E-state index in [4.69, 9.17) is 9.47 Å². The largest absolute Gasteiger partial charge is 0.465 e. The molecule has 0 saturated carbocycles. The predicted octanol–water partition coefficient (Wildman–Crippen LogP) is 1.58. The number of carbonyl (C=O) groups excluding carboxylic acids is 3. The van der Waals surface area contributed by atoms with E-state index in [2.05, 4.69) is 5.32 Å². The van der Waals surface area contributed by atoms with Gasteiger partial charge in [0.1, 0.15) is 0 Å². The van der Waals surface area contributed by atoms with Crippen LogP contribution < -0.4 is 5.32 Å². The van der Waals surface area contributed by atoms with E-state index in [9.17, 15) is 14.4 Å². The molecule has 0 aliphatic carbocycles. The normalized spacial score (nSPS) is 13.9. The van der Waals surface area contributed by atoms with Crippen molar-refractivity contribution in [2.45, 2.75) is 13.3 Å². The first kappa shape index (κ1) is 19.6. The van der Waals surface area contributed by atoms with Crippen LogP contribution in [0.5, 0.6) is 0 Å². The molecule has 0 aromatic heterocycles. The second-order valence-electron chi connectivity index (χ2n) is 5.78. The molecule has 0 radical (unpaired) electrons. The molecule has 1 saturated heterocycles. The number of nitrogens with one attached hydrogen (secondary N) is 1. The van der Waals surface area contributed by atoms with Crippen molar-refractivity contribution < 1.29 is 23.9 Å². The molecule has 0 unspecified atom stereocenters. The molecule has 26 heavy (non-hydrogen) atoms. The number of esters is 1. The summed E-state index contributed by atoms with van der Waals surface area (Å²) in [6, 6.07) is 7.01. The van der Waals surface area contributed by atoms with E-state index in [1.54, 1.807) is 34.9 Å². The maximum atomic E-state index is 12.3. The van der Waals surface area contributed by atoms with Crippen molar-refractivity contribution in [3.05, 3.63) is 29.8 Å². The highest BCUT2D eigenvalue weighted by Gasteiger charge is 2.24. The van der Waals surface area contributed by atoms with Crippen LogP contribution >= 0.6 is 0 Å². The van der Waals surface area contributed by atoms with Gasteiger partial charge in [0.2, 0.25) is 5.91 Å². The van der Waals surface area contributed by atoms with Crippen LogP contribution in [0.3, 0.4) is 0 Å². The van der Waals surface area contributed by atoms with E-state index in [-0.39, 0.29) is 12.0 Å². The molecule has 0 bridgehead atoms. The van der Waals surface area contributed by atoms with E-state index in [0.717, 1.165) is 0 Å². The standard InChI is InChI=1S/C18H25N3O5/c1-3-26-18(24)21-12-10-20(11-13-21)16(22)8-9-19-15-7-5-4-6-14(15)17(23)25-2/h4-7,19H,3,8-13H2,1-2H3. The summed E-state index contributed by atoms with van der Waals surface area (Å²) in [5.41, 5.74) is 1.07. The van der Waals surface area contributed by atoms with Crippen LogP contribution in [0.2, 0.25) is 0 Å². The van der Waals surface area contributed by atoms with Crippen molar-refractivity contribution in [3.63, 3.8) is 0 Å².